The van der Waals surface area contributed by atoms with Crippen LogP contribution < -0.4 is 5.32 Å². The summed E-state index contributed by atoms with van der Waals surface area (Å²) in [7, 11) is 6.13. The number of hydrogen-bond acceptors (Lipinski definition) is 3. The van der Waals surface area contributed by atoms with Gasteiger partial charge in [0.25, 0.3) is 0 Å². The minimum Gasteiger partial charge on any atom is -0.354 e. The first-order chi connectivity index (χ1) is 9.22. The lowest BCUT2D eigenvalue weighted by Gasteiger charge is -2.27. The predicted molar refractivity (Wildman–Crippen MR) is 98.3 cm³/mol. The zero-order valence-electron chi connectivity index (χ0n) is 12.5. The first-order valence-electron chi connectivity index (χ1n) is 6.86. The maximum atomic E-state index is 4.40. The number of likely N-dealkylation sites (N-methyl/N-ethyl adjacent to an activating group) is 1. The van der Waals surface area contributed by atoms with Crippen LogP contribution >= 0.6 is 35.3 Å². The largest absolute Gasteiger partial charge is 0.354 e. The molecule has 1 aromatic rings. The summed E-state index contributed by atoms with van der Waals surface area (Å²) in [6.45, 7) is 3.16. The van der Waals surface area contributed by atoms with Crippen molar-refractivity contribution in [1.82, 2.24) is 15.1 Å². The number of hydrogen-bond donors (Lipinski definition) is 1. The number of thiophene rings is 1. The summed E-state index contributed by atoms with van der Waals surface area (Å²) in [4.78, 5) is 9.00. The highest BCUT2D eigenvalue weighted by Gasteiger charge is 2.19. The van der Waals surface area contributed by atoms with Gasteiger partial charge < -0.3 is 15.1 Å². The fourth-order valence-electron chi connectivity index (χ4n) is 2.51. The molecule has 0 amide bonds. The van der Waals surface area contributed by atoms with Gasteiger partial charge in [-0.05, 0) is 49.3 Å². The molecule has 1 aliphatic heterocycles. The Labute approximate surface area is 143 Å². The van der Waals surface area contributed by atoms with Gasteiger partial charge in [0.05, 0.1) is 6.04 Å². The highest BCUT2D eigenvalue weighted by atomic mass is 127. The number of likely N-dealkylation sites (tertiary alicyclic amines) is 1. The Morgan fingerprint density at radius 1 is 1.45 bits per heavy atom. The summed E-state index contributed by atoms with van der Waals surface area (Å²) in [5.41, 5.74) is 1.37. The summed E-state index contributed by atoms with van der Waals surface area (Å²) in [6, 6.07) is 2.60. The minimum atomic E-state index is 0. The standard InChI is InChI=1S/C14H24N4S.HI/c1-15-14(18-7-4-5-8-18)16-10-13(17(2)3)12-6-9-19-11-12;/h6,9,11,13H,4-5,7-8,10H2,1-3H3,(H,15,16);1H. The topological polar surface area (TPSA) is 30.9 Å². The van der Waals surface area contributed by atoms with Crippen molar-refractivity contribution in [2.75, 3.05) is 40.8 Å². The van der Waals surface area contributed by atoms with Crippen LogP contribution in [0.5, 0.6) is 0 Å². The van der Waals surface area contributed by atoms with E-state index in [0.29, 0.717) is 6.04 Å². The van der Waals surface area contributed by atoms with Gasteiger partial charge in [0.15, 0.2) is 5.96 Å². The third-order valence-electron chi connectivity index (χ3n) is 3.62. The molecule has 1 aliphatic rings. The monoisotopic (exact) mass is 408 g/mol. The van der Waals surface area contributed by atoms with E-state index >= 15 is 0 Å². The number of aliphatic imine (C=N–C) groups is 1. The van der Waals surface area contributed by atoms with Gasteiger partial charge in [-0.25, -0.2) is 0 Å². The second kappa shape index (κ2) is 8.84. The Morgan fingerprint density at radius 2 is 2.15 bits per heavy atom. The summed E-state index contributed by atoms with van der Waals surface area (Å²) in [6.07, 6.45) is 2.56. The van der Waals surface area contributed by atoms with E-state index in [0.717, 1.165) is 25.6 Å². The molecule has 0 saturated carbocycles. The van der Waals surface area contributed by atoms with Gasteiger partial charge in [0.1, 0.15) is 0 Å². The Morgan fingerprint density at radius 3 is 2.65 bits per heavy atom. The molecule has 20 heavy (non-hydrogen) atoms. The molecule has 0 aliphatic carbocycles. The van der Waals surface area contributed by atoms with Crippen LogP contribution in [-0.2, 0) is 0 Å². The zero-order valence-corrected chi connectivity index (χ0v) is 15.6. The van der Waals surface area contributed by atoms with Crippen LogP contribution in [0.25, 0.3) is 0 Å². The first kappa shape index (κ1) is 17.7. The molecule has 2 heterocycles. The van der Waals surface area contributed by atoms with Crippen molar-refractivity contribution >= 4 is 41.3 Å². The van der Waals surface area contributed by atoms with Gasteiger partial charge in [-0.2, -0.15) is 11.3 Å². The van der Waals surface area contributed by atoms with Crippen molar-refractivity contribution in [1.29, 1.82) is 0 Å². The van der Waals surface area contributed by atoms with Gasteiger partial charge in [0.2, 0.25) is 0 Å². The first-order valence-corrected chi connectivity index (χ1v) is 7.80. The summed E-state index contributed by atoms with van der Waals surface area (Å²) < 4.78 is 0. The van der Waals surface area contributed by atoms with E-state index in [2.05, 4.69) is 51.0 Å². The fraction of sp³-hybridized carbons (Fsp3) is 0.643. The Bertz CT molecular complexity index is 399. The molecule has 0 aromatic carbocycles. The maximum Gasteiger partial charge on any atom is 0.193 e. The Hall–Kier alpha value is -0.340. The summed E-state index contributed by atoms with van der Waals surface area (Å²) in [5, 5.41) is 7.89. The molecule has 1 aromatic heterocycles. The highest BCUT2D eigenvalue weighted by Crippen LogP contribution is 2.20. The van der Waals surface area contributed by atoms with Gasteiger partial charge in [-0.1, -0.05) is 0 Å². The second-order valence-corrected chi connectivity index (χ2v) is 5.94. The molecule has 6 heteroatoms. The molecule has 2 rings (SSSR count). The predicted octanol–water partition coefficient (Wildman–Crippen LogP) is 2.64. The molecule has 1 unspecified atom stereocenters. The maximum absolute atomic E-state index is 4.40. The average Bonchev–Trinajstić information content (AvgIpc) is 3.06. The smallest absolute Gasteiger partial charge is 0.193 e. The molecule has 0 bridgehead atoms. The van der Waals surface area contributed by atoms with Crippen molar-refractivity contribution in [3.63, 3.8) is 0 Å². The third-order valence-corrected chi connectivity index (χ3v) is 4.32. The van der Waals surface area contributed by atoms with Crippen molar-refractivity contribution in [2.45, 2.75) is 18.9 Å². The number of nitrogens with one attached hydrogen (secondary N) is 1. The number of rotatable bonds is 4. The van der Waals surface area contributed by atoms with E-state index in [9.17, 15) is 0 Å². The molecule has 1 fully saturated rings. The molecule has 1 atom stereocenters. The van der Waals surface area contributed by atoms with E-state index in [1.807, 2.05) is 7.05 Å². The van der Waals surface area contributed by atoms with Gasteiger partial charge in [0, 0.05) is 26.7 Å². The van der Waals surface area contributed by atoms with Crippen molar-refractivity contribution in [3.05, 3.63) is 22.4 Å². The van der Waals surface area contributed by atoms with Crippen LogP contribution in [0, 0.1) is 0 Å². The second-order valence-electron chi connectivity index (χ2n) is 5.16. The molecular weight excluding hydrogens is 383 g/mol. The van der Waals surface area contributed by atoms with Crippen LogP contribution in [0.15, 0.2) is 21.8 Å². The third kappa shape index (κ3) is 4.60. The van der Waals surface area contributed by atoms with Crippen LogP contribution in [-0.4, -0.2) is 56.5 Å². The molecular formula is C14H25IN4S. The van der Waals surface area contributed by atoms with Crippen LogP contribution in [0.4, 0.5) is 0 Å². The lowest BCUT2D eigenvalue weighted by Crippen LogP contribution is -2.43. The fourth-order valence-corrected chi connectivity index (χ4v) is 3.22. The van der Waals surface area contributed by atoms with Crippen molar-refractivity contribution in [3.8, 4) is 0 Å². The Kier molecular flexibility index (Phi) is 7.83. The van der Waals surface area contributed by atoms with Gasteiger partial charge >= 0.3 is 0 Å². The lowest BCUT2D eigenvalue weighted by molar-refractivity contribution is 0.296. The highest BCUT2D eigenvalue weighted by molar-refractivity contribution is 14.0. The van der Waals surface area contributed by atoms with E-state index < -0.39 is 0 Å². The molecule has 1 saturated heterocycles. The van der Waals surface area contributed by atoms with Crippen molar-refractivity contribution in [2.24, 2.45) is 4.99 Å². The van der Waals surface area contributed by atoms with E-state index in [1.54, 1.807) is 11.3 Å². The number of nitrogens with zero attached hydrogens (tertiary/aromatic N) is 3. The molecule has 4 nitrogen and oxygen atoms in total. The summed E-state index contributed by atoms with van der Waals surface area (Å²) in [5.74, 6) is 1.04. The molecule has 0 spiro atoms. The minimum absolute atomic E-state index is 0. The zero-order chi connectivity index (χ0) is 13.7. The molecule has 0 radical (unpaired) electrons. The average molecular weight is 408 g/mol. The normalized spacial score (nSPS) is 17.2. The molecule has 1 N–H and O–H groups in total. The quantitative estimate of drug-likeness (QED) is 0.472. The SMILES string of the molecule is CN=C(NCC(c1ccsc1)N(C)C)N1CCCC1.I. The van der Waals surface area contributed by atoms with E-state index in [-0.39, 0.29) is 24.0 Å². The van der Waals surface area contributed by atoms with E-state index in [4.69, 9.17) is 0 Å². The van der Waals surface area contributed by atoms with Gasteiger partial charge in [-0.3, -0.25) is 4.99 Å². The van der Waals surface area contributed by atoms with Gasteiger partial charge in [-0.15, -0.1) is 24.0 Å². The molecule has 114 valence electrons. The van der Waals surface area contributed by atoms with Crippen molar-refractivity contribution < 1.29 is 0 Å². The van der Waals surface area contributed by atoms with Crippen LogP contribution in [0.2, 0.25) is 0 Å². The summed E-state index contributed by atoms with van der Waals surface area (Å²) >= 11 is 1.76. The lowest BCUT2D eigenvalue weighted by atomic mass is 10.1. The Balaban J connectivity index is 0.00000200. The van der Waals surface area contributed by atoms with E-state index in [1.165, 1.54) is 18.4 Å². The number of halogens is 1. The number of guanidine groups is 1. The van der Waals surface area contributed by atoms with Crippen LogP contribution in [0.3, 0.4) is 0 Å². The van der Waals surface area contributed by atoms with Crippen LogP contribution in [0.1, 0.15) is 24.4 Å².